The second-order valence-corrected chi connectivity index (χ2v) is 5.21. The minimum absolute atomic E-state index is 0.0893. The quantitative estimate of drug-likeness (QED) is 0.172. The lowest BCUT2D eigenvalue weighted by Crippen LogP contribution is -2.24. The van der Waals surface area contributed by atoms with Crippen LogP contribution >= 0.6 is 11.6 Å². The van der Waals surface area contributed by atoms with E-state index in [-0.39, 0.29) is 23.5 Å². The third-order valence-electron chi connectivity index (χ3n) is 3.19. The molecule has 0 aliphatic heterocycles. The van der Waals surface area contributed by atoms with Crippen LogP contribution in [0.5, 0.6) is 0 Å². The van der Waals surface area contributed by atoms with Crippen molar-refractivity contribution in [3.63, 3.8) is 0 Å². The molecule has 1 amide bonds. The number of amides is 1. The SMILES string of the molecule is CCOC(=O)c1cc(C)c(N(C=O)CCCCCl)c([N+](=O)[O-])c1. The number of benzene rings is 1. The van der Waals surface area contributed by atoms with Crippen LogP contribution in [0.3, 0.4) is 0 Å². The molecule has 23 heavy (non-hydrogen) atoms. The number of anilines is 1. The van der Waals surface area contributed by atoms with Gasteiger partial charge in [-0.05, 0) is 38.3 Å². The van der Waals surface area contributed by atoms with Crippen LogP contribution in [0.4, 0.5) is 11.4 Å². The van der Waals surface area contributed by atoms with Crippen molar-refractivity contribution in [2.45, 2.75) is 26.7 Å². The number of nitrogens with zero attached hydrogens (tertiary/aromatic N) is 2. The number of nitro groups is 1. The number of esters is 1. The van der Waals surface area contributed by atoms with Crippen LogP contribution < -0.4 is 4.90 Å². The molecule has 0 unspecified atom stereocenters. The van der Waals surface area contributed by atoms with E-state index in [2.05, 4.69) is 0 Å². The number of nitro benzene ring substituents is 1. The Bertz CT molecular complexity index is 591. The monoisotopic (exact) mass is 342 g/mol. The summed E-state index contributed by atoms with van der Waals surface area (Å²) in [7, 11) is 0. The van der Waals surface area contributed by atoms with E-state index < -0.39 is 10.9 Å². The van der Waals surface area contributed by atoms with E-state index >= 15 is 0 Å². The van der Waals surface area contributed by atoms with Gasteiger partial charge in [0.15, 0.2) is 0 Å². The summed E-state index contributed by atoms with van der Waals surface area (Å²) in [5.74, 6) is -0.180. The van der Waals surface area contributed by atoms with Gasteiger partial charge in [-0.15, -0.1) is 11.6 Å². The average molecular weight is 343 g/mol. The van der Waals surface area contributed by atoms with E-state index in [4.69, 9.17) is 16.3 Å². The molecule has 0 heterocycles. The lowest BCUT2D eigenvalue weighted by molar-refractivity contribution is -0.384. The molecule has 7 nitrogen and oxygen atoms in total. The molecule has 1 aromatic carbocycles. The van der Waals surface area contributed by atoms with Gasteiger partial charge in [-0.25, -0.2) is 4.79 Å². The number of hydrogen-bond acceptors (Lipinski definition) is 5. The van der Waals surface area contributed by atoms with Gasteiger partial charge in [0.05, 0.1) is 17.1 Å². The van der Waals surface area contributed by atoms with E-state index in [0.29, 0.717) is 37.2 Å². The number of hydrogen-bond donors (Lipinski definition) is 0. The maximum atomic E-state index is 11.8. The summed E-state index contributed by atoms with van der Waals surface area (Å²) in [6.07, 6.45) is 1.87. The fourth-order valence-electron chi connectivity index (χ4n) is 2.20. The molecule has 0 aromatic heterocycles. The van der Waals surface area contributed by atoms with Gasteiger partial charge in [0, 0.05) is 18.5 Å². The summed E-state index contributed by atoms with van der Waals surface area (Å²) in [5, 5.41) is 11.3. The summed E-state index contributed by atoms with van der Waals surface area (Å²) < 4.78 is 4.86. The zero-order valence-electron chi connectivity index (χ0n) is 13.1. The minimum Gasteiger partial charge on any atom is -0.462 e. The first-order valence-electron chi connectivity index (χ1n) is 7.20. The van der Waals surface area contributed by atoms with Crippen LogP contribution in [0.25, 0.3) is 0 Å². The first-order chi connectivity index (χ1) is 11.0. The number of carbonyl (C=O) groups is 2. The molecular formula is C15H19ClN2O5. The molecule has 126 valence electrons. The minimum atomic E-state index is -0.634. The Balaban J connectivity index is 3.27. The molecule has 1 rings (SSSR count). The van der Waals surface area contributed by atoms with Crippen molar-refractivity contribution in [2.75, 3.05) is 23.9 Å². The summed E-state index contributed by atoms with van der Waals surface area (Å²) in [6.45, 7) is 3.75. The molecule has 0 atom stereocenters. The zero-order valence-corrected chi connectivity index (χ0v) is 13.8. The van der Waals surface area contributed by atoms with Crippen LogP contribution in [0.1, 0.15) is 35.7 Å². The number of carbonyl (C=O) groups excluding carboxylic acids is 2. The largest absolute Gasteiger partial charge is 0.462 e. The van der Waals surface area contributed by atoms with E-state index in [0.717, 1.165) is 6.07 Å². The Labute approximate surface area is 139 Å². The van der Waals surface area contributed by atoms with Crippen LogP contribution in [0.2, 0.25) is 0 Å². The standard InChI is InChI=1S/C15H19ClN2O5/c1-3-23-15(20)12-8-11(2)14(13(9-12)18(21)22)17(10-19)7-5-4-6-16/h8-10H,3-7H2,1-2H3. The topological polar surface area (TPSA) is 89.8 Å². The van der Waals surface area contributed by atoms with Crippen molar-refractivity contribution in [2.24, 2.45) is 0 Å². The highest BCUT2D eigenvalue weighted by Crippen LogP contribution is 2.33. The van der Waals surface area contributed by atoms with E-state index in [1.165, 1.54) is 11.0 Å². The number of halogens is 1. The molecule has 8 heteroatoms. The van der Waals surface area contributed by atoms with E-state index in [1.54, 1.807) is 13.8 Å². The number of ether oxygens (including phenoxy) is 1. The van der Waals surface area contributed by atoms with Crippen molar-refractivity contribution in [1.82, 2.24) is 0 Å². The molecule has 1 aromatic rings. The van der Waals surface area contributed by atoms with Crippen molar-refractivity contribution >= 4 is 35.4 Å². The van der Waals surface area contributed by atoms with Gasteiger partial charge in [-0.3, -0.25) is 14.9 Å². The Kier molecular flexibility index (Phi) is 7.47. The highest BCUT2D eigenvalue weighted by Gasteiger charge is 2.25. The van der Waals surface area contributed by atoms with E-state index in [9.17, 15) is 19.7 Å². The first-order valence-corrected chi connectivity index (χ1v) is 7.73. The maximum absolute atomic E-state index is 11.8. The Morgan fingerprint density at radius 2 is 2.13 bits per heavy atom. The molecule has 0 spiro atoms. The summed E-state index contributed by atoms with van der Waals surface area (Å²) in [4.78, 5) is 35.1. The van der Waals surface area contributed by atoms with Crippen LogP contribution in [-0.4, -0.2) is 36.3 Å². The molecule has 0 radical (unpaired) electrons. The first kappa shape index (κ1) is 18.9. The highest BCUT2D eigenvalue weighted by molar-refractivity contribution is 6.17. The highest BCUT2D eigenvalue weighted by atomic mass is 35.5. The number of alkyl halides is 1. The molecule has 0 saturated heterocycles. The van der Waals surface area contributed by atoms with Crippen LogP contribution in [0.15, 0.2) is 12.1 Å². The molecule has 0 saturated carbocycles. The van der Waals surface area contributed by atoms with Crippen LogP contribution in [0, 0.1) is 17.0 Å². The Hall–Kier alpha value is -2.15. The summed E-state index contributed by atoms with van der Waals surface area (Å²) in [6, 6.07) is 2.62. The fourth-order valence-corrected chi connectivity index (χ4v) is 2.39. The Morgan fingerprint density at radius 3 is 2.65 bits per heavy atom. The fraction of sp³-hybridized carbons (Fsp3) is 0.467. The maximum Gasteiger partial charge on any atom is 0.338 e. The zero-order chi connectivity index (χ0) is 17.4. The molecule has 0 bridgehead atoms. The van der Waals surface area contributed by atoms with Gasteiger partial charge in [0.1, 0.15) is 5.69 Å². The van der Waals surface area contributed by atoms with Gasteiger partial charge < -0.3 is 9.64 Å². The van der Waals surface area contributed by atoms with Gasteiger partial charge in [-0.1, -0.05) is 0 Å². The Morgan fingerprint density at radius 1 is 1.43 bits per heavy atom. The average Bonchev–Trinajstić information content (AvgIpc) is 2.51. The van der Waals surface area contributed by atoms with Crippen molar-refractivity contribution in [3.05, 3.63) is 33.4 Å². The summed E-state index contributed by atoms with van der Waals surface area (Å²) >= 11 is 5.61. The lowest BCUT2D eigenvalue weighted by Gasteiger charge is -2.20. The van der Waals surface area contributed by atoms with Crippen molar-refractivity contribution in [3.8, 4) is 0 Å². The van der Waals surface area contributed by atoms with Crippen LogP contribution in [-0.2, 0) is 9.53 Å². The smallest absolute Gasteiger partial charge is 0.338 e. The molecule has 0 aliphatic rings. The number of aryl methyl sites for hydroxylation is 1. The van der Waals surface area contributed by atoms with Crippen molar-refractivity contribution < 1.29 is 19.2 Å². The van der Waals surface area contributed by atoms with Gasteiger partial charge in [0.25, 0.3) is 5.69 Å². The number of unbranched alkanes of at least 4 members (excludes halogenated alkanes) is 1. The second-order valence-electron chi connectivity index (χ2n) is 4.83. The predicted molar refractivity (Wildman–Crippen MR) is 87.2 cm³/mol. The predicted octanol–water partition coefficient (Wildman–Crippen LogP) is 3.06. The summed E-state index contributed by atoms with van der Waals surface area (Å²) in [5.41, 5.74) is 0.435. The van der Waals surface area contributed by atoms with Gasteiger partial charge in [-0.2, -0.15) is 0 Å². The second kappa shape index (κ2) is 9.09. The normalized spacial score (nSPS) is 10.2. The third kappa shape index (κ3) is 4.92. The molecule has 0 aliphatic carbocycles. The molecular weight excluding hydrogens is 324 g/mol. The third-order valence-corrected chi connectivity index (χ3v) is 3.45. The van der Waals surface area contributed by atoms with Gasteiger partial charge in [0.2, 0.25) is 6.41 Å². The molecule has 0 fully saturated rings. The molecule has 0 N–H and O–H groups in total. The lowest BCUT2D eigenvalue weighted by atomic mass is 10.1. The van der Waals surface area contributed by atoms with E-state index in [1.807, 2.05) is 0 Å². The number of rotatable bonds is 9. The van der Waals surface area contributed by atoms with Gasteiger partial charge >= 0.3 is 5.97 Å². The van der Waals surface area contributed by atoms with Crippen molar-refractivity contribution in [1.29, 1.82) is 0 Å².